The van der Waals surface area contributed by atoms with Crippen molar-refractivity contribution in [2.45, 2.75) is 57.6 Å². The lowest BCUT2D eigenvalue weighted by Gasteiger charge is -2.35. The number of rotatable bonds is 1. The molecule has 1 radical (unpaired) electrons. The first-order chi connectivity index (χ1) is 6.20. The number of hydrogen-bond donors (Lipinski definition) is 1. The highest BCUT2D eigenvalue weighted by Crippen LogP contribution is 2.34. The minimum Gasteiger partial charge on any atom is -0.418 e. The average molecular weight is 180 g/mol. The van der Waals surface area contributed by atoms with Crippen LogP contribution >= 0.6 is 0 Å². The lowest BCUT2D eigenvalue weighted by Crippen LogP contribution is -2.45. The molecule has 1 N–H and O–H groups in total. The van der Waals surface area contributed by atoms with E-state index in [0.717, 1.165) is 5.92 Å². The summed E-state index contributed by atoms with van der Waals surface area (Å²) in [4.78, 5) is 0. The summed E-state index contributed by atoms with van der Waals surface area (Å²) in [6.07, 6.45) is 6.97. The van der Waals surface area contributed by atoms with Crippen LogP contribution in [0, 0.1) is 5.92 Å². The van der Waals surface area contributed by atoms with Crippen molar-refractivity contribution in [1.82, 2.24) is 5.23 Å². The molecule has 3 heteroatoms. The molecule has 0 amide bonds. The molecule has 1 saturated heterocycles. The molecule has 1 saturated carbocycles. The Morgan fingerprint density at radius 3 is 2.46 bits per heavy atom. The summed E-state index contributed by atoms with van der Waals surface area (Å²) >= 11 is 0. The van der Waals surface area contributed by atoms with E-state index in [-0.39, 0.29) is 5.60 Å². The Hall–Kier alpha value is -0.0151. The molecule has 1 heterocycles. The van der Waals surface area contributed by atoms with Crippen molar-refractivity contribution < 1.29 is 4.65 Å². The van der Waals surface area contributed by atoms with Crippen molar-refractivity contribution in [3.8, 4) is 0 Å². The molecular formula is C10H19BNO. The Morgan fingerprint density at radius 1 is 1.23 bits per heavy atom. The third-order valence-electron chi connectivity index (χ3n) is 3.48. The standard InChI is InChI=1S/C10H19BNO/c1-10(2)9(12-11-13-10)8-6-4-3-5-7-8/h8-9,12H,3-7H2,1-2H3/t9-/m1/s1. The van der Waals surface area contributed by atoms with Crippen LogP contribution in [0.1, 0.15) is 46.0 Å². The van der Waals surface area contributed by atoms with Crippen LogP contribution in [0.3, 0.4) is 0 Å². The van der Waals surface area contributed by atoms with Crippen LogP contribution in [-0.4, -0.2) is 19.3 Å². The van der Waals surface area contributed by atoms with E-state index in [2.05, 4.69) is 19.1 Å². The Morgan fingerprint density at radius 2 is 1.92 bits per heavy atom. The van der Waals surface area contributed by atoms with Gasteiger partial charge in [-0.2, -0.15) is 0 Å². The van der Waals surface area contributed by atoms with Gasteiger partial charge < -0.3 is 9.88 Å². The molecule has 2 aliphatic rings. The fourth-order valence-electron chi connectivity index (χ4n) is 2.70. The van der Waals surface area contributed by atoms with Crippen LogP contribution in [0.4, 0.5) is 0 Å². The van der Waals surface area contributed by atoms with Crippen molar-refractivity contribution in [2.24, 2.45) is 5.92 Å². The summed E-state index contributed by atoms with van der Waals surface area (Å²) in [5, 5.41) is 3.37. The fraction of sp³-hybridized carbons (Fsp3) is 1.00. The highest BCUT2D eigenvalue weighted by molar-refractivity contribution is 6.25. The summed E-state index contributed by atoms with van der Waals surface area (Å²) in [6, 6.07) is 0.535. The van der Waals surface area contributed by atoms with Crippen LogP contribution in [-0.2, 0) is 4.65 Å². The second kappa shape index (κ2) is 3.62. The van der Waals surface area contributed by atoms with Crippen molar-refractivity contribution in [1.29, 1.82) is 0 Å². The molecule has 0 bridgehead atoms. The smallest absolute Gasteiger partial charge is 0.396 e. The lowest BCUT2D eigenvalue weighted by atomic mass is 9.78. The first-order valence-electron chi connectivity index (χ1n) is 5.46. The Labute approximate surface area is 81.7 Å². The van der Waals surface area contributed by atoms with Gasteiger partial charge in [0.1, 0.15) is 0 Å². The molecule has 2 nitrogen and oxygen atoms in total. The summed E-state index contributed by atoms with van der Waals surface area (Å²) in [7, 11) is 1.78. The van der Waals surface area contributed by atoms with E-state index < -0.39 is 0 Å². The molecular weight excluding hydrogens is 161 g/mol. The predicted octanol–water partition coefficient (Wildman–Crippen LogP) is 1.87. The van der Waals surface area contributed by atoms with E-state index in [1.807, 2.05) is 0 Å². The Balaban J connectivity index is 1.98. The topological polar surface area (TPSA) is 21.3 Å². The first-order valence-corrected chi connectivity index (χ1v) is 5.46. The summed E-state index contributed by atoms with van der Waals surface area (Å²) in [6.45, 7) is 4.37. The molecule has 2 fully saturated rings. The SMILES string of the molecule is CC1(C)O[B]N[C@@H]1C1CCCCC1. The normalized spacial score (nSPS) is 34.5. The van der Waals surface area contributed by atoms with E-state index in [1.165, 1.54) is 32.1 Å². The fourth-order valence-corrected chi connectivity index (χ4v) is 2.70. The van der Waals surface area contributed by atoms with Gasteiger partial charge in [0.25, 0.3) is 0 Å². The van der Waals surface area contributed by atoms with Crippen LogP contribution in [0.25, 0.3) is 0 Å². The molecule has 0 unspecified atom stereocenters. The van der Waals surface area contributed by atoms with Crippen molar-refractivity contribution in [2.75, 3.05) is 0 Å². The molecule has 73 valence electrons. The second-order valence-electron chi connectivity index (χ2n) is 4.88. The van der Waals surface area contributed by atoms with E-state index in [1.54, 1.807) is 7.62 Å². The van der Waals surface area contributed by atoms with Crippen LogP contribution in [0.5, 0.6) is 0 Å². The third kappa shape index (κ3) is 1.91. The molecule has 0 aromatic carbocycles. The first kappa shape index (κ1) is 9.54. The Kier molecular flexibility index (Phi) is 2.66. The highest BCUT2D eigenvalue weighted by Gasteiger charge is 2.40. The van der Waals surface area contributed by atoms with Crippen LogP contribution in [0.2, 0.25) is 0 Å². The molecule has 1 aliphatic carbocycles. The molecule has 1 atom stereocenters. The van der Waals surface area contributed by atoms with E-state index >= 15 is 0 Å². The zero-order valence-corrected chi connectivity index (χ0v) is 8.68. The van der Waals surface area contributed by atoms with Gasteiger partial charge in [-0.05, 0) is 32.6 Å². The van der Waals surface area contributed by atoms with Gasteiger partial charge >= 0.3 is 7.62 Å². The van der Waals surface area contributed by atoms with E-state index in [4.69, 9.17) is 4.65 Å². The van der Waals surface area contributed by atoms with Gasteiger partial charge in [-0.15, -0.1) is 0 Å². The van der Waals surface area contributed by atoms with Gasteiger partial charge in [0.05, 0.1) is 5.60 Å². The largest absolute Gasteiger partial charge is 0.418 e. The molecule has 1 aliphatic heterocycles. The molecule has 2 rings (SSSR count). The summed E-state index contributed by atoms with van der Waals surface area (Å²) < 4.78 is 5.57. The van der Waals surface area contributed by atoms with Gasteiger partial charge in [0.15, 0.2) is 0 Å². The predicted molar refractivity (Wildman–Crippen MR) is 54.4 cm³/mol. The summed E-state index contributed by atoms with van der Waals surface area (Å²) in [5.41, 5.74) is 0.00199. The third-order valence-corrected chi connectivity index (χ3v) is 3.48. The molecule has 13 heavy (non-hydrogen) atoms. The average Bonchev–Trinajstić information content (AvgIpc) is 2.47. The van der Waals surface area contributed by atoms with Crippen molar-refractivity contribution in [3.63, 3.8) is 0 Å². The van der Waals surface area contributed by atoms with Gasteiger partial charge in [0, 0.05) is 6.04 Å². The van der Waals surface area contributed by atoms with Gasteiger partial charge in [-0.1, -0.05) is 19.3 Å². The van der Waals surface area contributed by atoms with Gasteiger partial charge in [0.2, 0.25) is 0 Å². The maximum absolute atomic E-state index is 5.57. The minimum atomic E-state index is 0.00199. The highest BCUT2D eigenvalue weighted by atomic mass is 16.5. The minimum absolute atomic E-state index is 0.00199. The van der Waals surface area contributed by atoms with Crippen molar-refractivity contribution >= 4 is 7.62 Å². The maximum Gasteiger partial charge on any atom is 0.396 e. The van der Waals surface area contributed by atoms with Crippen molar-refractivity contribution in [3.05, 3.63) is 0 Å². The second-order valence-corrected chi connectivity index (χ2v) is 4.88. The Bertz CT molecular complexity index is 178. The van der Waals surface area contributed by atoms with Gasteiger partial charge in [-0.25, -0.2) is 0 Å². The lowest BCUT2D eigenvalue weighted by molar-refractivity contribution is 0.0802. The van der Waals surface area contributed by atoms with E-state index in [0.29, 0.717) is 6.04 Å². The molecule has 0 aromatic rings. The van der Waals surface area contributed by atoms with Crippen LogP contribution in [0.15, 0.2) is 0 Å². The maximum atomic E-state index is 5.57. The van der Waals surface area contributed by atoms with Gasteiger partial charge in [-0.3, -0.25) is 0 Å². The zero-order chi connectivity index (χ0) is 9.31. The number of nitrogens with one attached hydrogen (secondary N) is 1. The molecule has 0 aromatic heterocycles. The molecule has 0 spiro atoms. The monoisotopic (exact) mass is 180 g/mol. The van der Waals surface area contributed by atoms with Crippen LogP contribution < -0.4 is 5.23 Å². The number of hydrogen-bond acceptors (Lipinski definition) is 2. The van der Waals surface area contributed by atoms with E-state index in [9.17, 15) is 0 Å². The quantitative estimate of drug-likeness (QED) is 0.622. The zero-order valence-electron chi connectivity index (χ0n) is 8.68. The summed E-state index contributed by atoms with van der Waals surface area (Å²) in [5.74, 6) is 0.822.